The first-order valence-electron chi connectivity index (χ1n) is 9.14. The normalized spacial score (nSPS) is 30.7. The van der Waals surface area contributed by atoms with Crippen LogP contribution in [0.3, 0.4) is 0 Å². The first-order chi connectivity index (χ1) is 14.3. The molecule has 10 nitrogen and oxygen atoms in total. The molecule has 0 saturated carbocycles. The van der Waals surface area contributed by atoms with Crippen molar-refractivity contribution in [3.8, 4) is 23.0 Å². The Bertz CT molecular complexity index is 961. The summed E-state index contributed by atoms with van der Waals surface area (Å²) in [5.74, 6) is -1.76. The van der Waals surface area contributed by atoms with Crippen LogP contribution in [0.1, 0.15) is 22.0 Å². The second-order valence-electron chi connectivity index (χ2n) is 7.10. The number of aliphatic hydroxyl groups is 3. The van der Waals surface area contributed by atoms with Gasteiger partial charge in [-0.1, -0.05) is 12.1 Å². The number of benzene rings is 2. The predicted octanol–water partition coefficient (Wildman–Crippen LogP) is -0.0560. The maximum Gasteiger partial charge on any atom is 0.203 e. The van der Waals surface area contributed by atoms with Gasteiger partial charge in [-0.05, 0) is 17.7 Å². The fourth-order valence-electron chi connectivity index (χ4n) is 3.61. The van der Waals surface area contributed by atoms with Gasteiger partial charge in [0, 0.05) is 12.1 Å². The largest absolute Gasteiger partial charge is 0.508 e. The van der Waals surface area contributed by atoms with E-state index in [1.807, 2.05) is 0 Å². The molecule has 2 aromatic rings. The Kier molecular flexibility index (Phi) is 5.26. The number of Topliss-reactive ketones (excluding diaryl/α,β-unsaturated/α-hetero) is 1. The highest BCUT2D eigenvalue weighted by atomic mass is 16.7. The first kappa shape index (κ1) is 20.4. The molecule has 4 rings (SSSR count). The van der Waals surface area contributed by atoms with E-state index >= 15 is 0 Å². The Morgan fingerprint density at radius 3 is 2.43 bits per heavy atom. The van der Waals surface area contributed by atoms with Crippen molar-refractivity contribution >= 4 is 5.78 Å². The first-order valence-corrected chi connectivity index (χ1v) is 9.14. The number of fused-ring (bicyclic) bond motifs is 1. The lowest BCUT2D eigenvalue weighted by atomic mass is 9.92. The quantitative estimate of drug-likeness (QED) is 0.395. The third-order valence-electron chi connectivity index (χ3n) is 5.08. The van der Waals surface area contributed by atoms with E-state index in [2.05, 4.69) is 0 Å². The molecule has 2 heterocycles. The molecule has 2 aromatic carbocycles. The SMILES string of the molecule is O=C1c2c(O)cc(O)cc2OC(c2cccc(O)c2)C1OC1OC(CO)C(O)C1O. The summed E-state index contributed by atoms with van der Waals surface area (Å²) in [7, 11) is 0. The number of carbonyl (C=O) groups excluding carboxylic acids is 1. The Morgan fingerprint density at radius 1 is 1.00 bits per heavy atom. The molecule has 0 spiro atoms. The molecule has 10 heteroatoms. The zero-order chi connectivity index (χ0) is 21.6. The lowest BCUT2D eigenvalue weighted by Gasteiger charge is -2.34. The highest BCUT2D eigenvalue weighted by Crippen LogP contribution is 2.44. The van der Waals surface area contributed by atoms with E-state index in [1.54, 1.807) is 6.07 Å². The third kappa shape index (κ3) is 3.44. The van der Waals surface area contributed by atoms with Gasteiger partial charge in [-0.2, -0.15) is 0 Å². The van der Waals surface area contributed by atoms with E-state index in [4.69, 9.17) is 14.2 Å². The van der Waals surface area contributed by atoms with Crippen LogP contribution in [0.5, 0.6) is 23.0 Å². The summed E-state index contributed by atoms with van der Waals surface area (Å²) in [6.45, 7) is -0.577. The molecular weight excluding hydrogens is 400 g/mol. The number of phenolic OH excluding ortho intramolecular Hbond substituents is 3. The molecule has 30 heavy (non-hydrogen) atoms. The summed E-state index contributed by atoms with van der Waals surface area (Å²) in [6.07, 6.45) is -8.14. The minimum atomic E-state index is -1.55. The molecule has 6 unspecified atom stereocenters. The summed E-state index contributed by atoms with van der Waals surface area (Å²) >= 11 is 0. The van der Waals surface area contributed by atoms with Gasteiger partial charge in [-0.3, -0.25) is 4.79 Å². The van der Waals surface area contributed by atoms with Crippen LogP contribution in [-0.4, -0.2) is 73.7 Å². The number of rotatable bonds is 4. The average Bonchev–Trinajstić information content (AvgIpc) is 2.97. The van der Waals surface area contributed by atoms with E-state index in [9.17, 15) is 35.4 Å². The average molecular weight is 420 g/mol. The van der Waals surface area contributed by atoms with Gasteiger partial charge in [0.05, 0.1) is 6.61 Å². The molecule has 1 fully saturated rings. The molecule has 2 aliphatic rings. The molecule has 0 amide bonds. The van der Waals surface area contributed by atoms with Crippen LogP contribution in [0.4, 0.5) is 0 Å². The van der Waals surface area contributed by atoms with Crippen LogP contribution in [0.15, 0.2) is 36.4 Å². The van der Waals surface area contributed by atoms with Crippen molar-refractivity contribution in [1.29, 1.82) is 0 Å². The van der Waals surface area contributed by atoms with Crippen LogP contribution in [0, 0.1) is 0 Å². The van der Waals surface area contributed by atoms with Crippen LogP contribution in [0.25, 0.3) is 0 Å². The molecule has 160 valence electrons. The number of hydrogen-bond donors (Lipinski definition) is 6. The van der Waals surface area contributed by atoms with Gasteiger partial charge in [0.2, 0.25) is 5.78 Å². The Morgan fingerprint density at radius 2 is 1.77 bits per heavy atom. The van der Waals surface area contributed by atoms with Crippen LogP contribution >= 0.6 is 0 Å². The standard InChI is InChI=1S/C20H20O10/c21-7-13-15(25)17(27)20(29-13)30-19-16(26)14-11(24)5-10(23)6-12(14)28-18(19)8-2-1-3-9(22)4-8/h1-6,13,15,17-25,27H,7H2. The maximum atomic E-state index is 13.2. The number of carbonyl (C=O) groups is 1. The third-order valence-corrected chi connectivity index (χ3v) is 5.08. The second kappa shape index (κ2) is 7.74. The predicted molar refractivity (Wildman–Crippen MR) is 98.2 cm³/mol. The van der Waals surface area contributed by atoms with E-state index in [0.29, 0.717) is 5.56 Å². The number of aromatic hydroxyl groups is 3. The summed E-state index contributed by atoms with van der Waals surface area (Å²) in [5.41, 5.74) is 0.106. The lowest BCUT2D eigenvalue weighted by molar-refractivity contribution is -0.199. The van der Waals surface area contributed by atoms with Gasteiger partial charge >= 0.3 is 0 Å². The van der Waals surface area contributed by atoms with Crippen molar-refractivity contribution in [2.45, 2.75) is 36.8 Å². The van der Waals surface area contributed by atoms with Crippen molar-refractivity contribution in [1.82, 2.24) is 0 Å². The minimum absolute atomic E-state index is 0.0909. The van der Waals surface area contributed by atoms with E-state index in [0.717, 1.165) is 12.1 Å². The lowest BCUT2D eigenvalue weighted by Crippen LogP contribution is -2.44. The highest BCUT2D eigenvalue weighted by Gasteiger charge is 2.48. The molecule has 0 radical (unpaired) electrons. The zero-order valence-electron chi connectivity index (χ0n) is 15.5. The molecule has 0 aliphatic carbocycles. The molecular formula is C20H20O10. The van der Waals surface area contributed by atoms with Crippen molar-refractivity contribution in [3.63, 3.8) is 0 Å². The van der Waals surface area contributed by atoms with Gasteiger partial charge in [0.25, 0.3) is 0 Å². The Labute approximate surface area is 170 Å². The molecule has 0 bridgehead atoms. The van der Waals surface area contributed by atoms with Crippen molar-refractivity contribution in [2.24, 2.45) is 0 Å². The molecule has 6 atom stereocenters. The van der Waals surface area contributed by atoms with Gasteiger partial charge in [-0.15, -0.1) is 0 Å². The summed E-state index contributed by atoms with van der Waals surface area (Å²) in [6, 6.07) is 7.99. The Balaban J connectivity index is 1.73. The number of ketones is 1. The topological polar surface area (TPSA) is 166 Å². The number of aliphatic hydroxyl groups excluding tert-OH is 3. The zero-order valence-corrected chi connectivity index (χ0v) is 15.5. The van der Waals surface area contributed by atoms with Crippen LogP contribution in [-0.2, 0) is 9.47 Å². The van der Waals surface area contributed by atoms with Crippen molar-refractivity contribution < 1.29 is 49.6 Å². The monoisotopic (exact) mass is 420 g/mol. The summed E-state index contributed by atoms with van der Waals surface area (Å²) < 4.78 is 16.8. The molecule has 0 aromatic heterocycles. The molecule has 2 aliphatic heterocycles. The second-order valence-corrected chi connectivity index (χ2v) is 7.10. The number of ether oxygens (including phenoxy) is 3. The van der Waals surface area contributed by atoms with Gasteiger partial charge in [-0.25, -0.2) is 0 Å². The fraction of sp³-hybridized carbons (Fsp3) is 0.350. The Hall–Kier alpha value is -2.89. The summed E-state index contributed by atoms with van der Waals surface area (Å²) in [4.78, 5) is 13.2. The number of hydrogen-bond acceptors (Lipinski definition) is 10. The smallest absolute Gasteiger partial charge is 0.203 e. The van der Waals surface area contributed by atoms with E-state index < -0.39 is 54.9 Å². The van der Waals surface area contributed by atoms with E-state index in [-0.39, 0.29) is 22.8 Å². The van der Waals surface area contributed by atoms with Crippen LogP contribution < -0.4 is 4.74 Å². The van der Waals surface area contributed by atoms with Gasteiger partial charge in [0.15, 0.2) is 18.5 Å². The molecule has 1 saturated heterocycles. The minimum Gasteiger partial charge on any atom is -0.508 e. The number of phenols is 3. The van der Waals surface area contributed by atoms with Gasteiger partial charge in [0.1, 0.15) is 46.9 Å². The molecule has 6 N–H and O–H groups in total. The maximum absolute atomic E-state index is 13.2. The summed E-state index contributed by atoms with van der Waals surface area (Å²) in [5, 5.41) is 59.1. The van der Waals surface area contributed by atoms with Crippen LogP contribution in [0.2, 0.25) is 0 Å². The highest BCUT2D eigenvalue weighted by molar-refractivity contribution is 6.05. The van der Waals surface area contributed by atoms with Gasteiger partial charge < -0.3 is 44.8 Å². The van der Waals surface area contributed by atoms with Crippen molar-refractivity contribution in [3.05, 3.63) is 47.5 Å². The fourth-order valence-corrected chi connectivity index (χ4v) is 3.61. The van der Waals surface area contributed by atoms with Crippen molar-refractivity contribution in [2.75, 3.05) is 6.61 Å². The van der Waals surface area contributed by atoms with E-state index in [1.165, 1.54) is 18.2 Å².